The van der Waals surface area contributed by atoms with E-state index in [0.717, 1.165) is 31.6 Å². The third-order valence-electron chi connectivity index (χ3n) is 3.33. The Hall–Kier alpha value is -0.570. The molecule has 1 saturated carbocycles. The van der Waals surface area contributed by atoms with Gasteiger partial charge in [0.2, 0.25) is 5.91 Å². The van der Waals surface area contributed by atoms with Crippen LogP contribution in [0, 0.1) is 5.92 Å². The third kappa shape index (κ3) is 2.71. The highest BCUT2D eigenvalue weighted by atomic mass is 16.2. The third-order valence-corrected chi connectivity index (χ3v) is 3.33. The molecule has 3 heteroatoms. The lowest BCUT2D eigenvalue weighted by Gasteiger charge is -2.31. The highest BCUT2D eigenvalue weighted by Crippen LogP contribution is 2.21. The molecule has 0 aromatic rings. The number of hydrogen-bond donors (Lipinski definition) is 1. The number of piperidine rings is 1. The van der Waals surface area contributed by atoms with Crippen molar-refractivity contribution in [2.45, 2.75) is 38.6 Å². The van der Waals surface area contributed by atoms with Gasteiger partial charge in [0.25, 0.3) is 0 Å². The first-order valence-electron chi connectivity index (χ1n) is 5.74. The topological polar surface area (TPSA) is 32.3 Å². The molecule has 0 spiro atoms. The van der Waals surface area contributed by atoms with E-state index in [0.29, 0.717) is 0 Å². The van der Waals surface area contributed by atoms with Crippen LogP contribution in [-0.4, -0.2) is 36.5 Å². The monoisotopic (exact) mass is 196 g/mol. The normalized spacial score (nSPS) is 23.9. The summed E-state index contributed by atoms with van der Waals surface area (Å²) in [6.07, 6.45) is 5.09. The lowest BCUT2D eigenvalue weighted by Crippen LogP contribution is -2.39. The first kappa shape index (κ1) is 9.97. The Labute approximate surface area is 85.8 Å². The maximum absolute atomic E-state index is 11.1. The highest BCUT2D eigenvalue weighted by Gasteiger charge is 2.24. The van der Waals surface area contributed by atoms with Crippen LogP contribution in [0.3, 0.4) is 0 Å². The fraction of sp³-hybridized carbons (Fsp3) is 0.909. The molecule has 0 aromatic heterocycles. The number of carbonyl (C=O) groups is 1. The quantitative estimate of drug-likeness (QED) is 0.730. The summed E-state index contributed by atoms with van der Waals surface area (Å²) in [6.45, 7) is 4.76. The van der Waals surface area contributed by atoms with Crippen molar-refractivity contribution < 1.29 is 4.79 Å². The Balaban J connectivity index is 1.64. The lowest BCUT2D eigenvalue weighted by atomic mass is 9.97. The molecule has 0 aromatic carbocycles. The Morgan fingerprint density at radius 1 is 1.29 bits per heavy atom. The summed E-state index contributed by atoms with van der Waals surface area (Å²) in [7, 11) is 0. The van der Waals surface area contributed by atoms with Gasteiger partial charge >= 0.3 is 0 Å². The van der Waals surface area contributed by atoms with E-state index >= 15 is 0 Å². The van der Waals surface area contributed by atoms with E-state index in [1.165, 1.54) is 25.7 Å². The van der Waals surface area contributed by atoms with E-state index in [1.54, 1.807) is 6.92 Å². The second-order valence-electron chi connectivity index (χ2n) is 4.63. The molecule has 3 nitrogen and oxygen atoms in total. The average Bonchev–Trinajstić information content (AvgIpc) is 2.99. The van der Waals surface area contributed by atoms with Gasteiger partial charge in [0.15, 0.2) is 0 Å². The van der Waals surface area contributed by atoms with Crippen LogP contribution >= 0.6 is 0 Å². The van der Waals surface area contributed by atoms with Gasteiger partial charge in [0.1, 0.15) is 0 Å². The van der Waals surface area contributed by atoms with Gasteiger partial charge < -0.3 is 10.2 Å². The molecule has 0 unspecified atom stereocenters. The molecular formula is C11H20N2O. The van der Waals surface area contributed by atoms with Crippen LogP contribution in [0.25, 0.3) is 0 Å². The molecule has 2 aliphatic rings. The number of hydrogen-bond acceptors (Lipinski definition) is 2. The van der Waals surface area contributed by atoms with Gasteiger partial charge in [-0.3, -0.25) is 4.79 Å². The van der Waals surface area contributed by atoms with Crippen LogP contribution < -0.4 is 5.32 Å². The number of carbonyl (C=O) groups excluding carboxylic acids is 1. The summed E-state index contributed by atoms with van der Waals surface area (Å²) in [5.74, 6) is 1.03. The standard InChI is InChI=1S/C11H20N2O/c1-9(14)13-6-4-10(5-7-13)8-12-11-2-3-11/h10-12H,2-8H2,1H3. The van der Waals surface area contributed by atoms with Crippen LogP contribution in [0.2, 0.25) is 0 Å². The maximum Gasteiger partial charge on any atom is 0.219 e. The SMILES string of the molecule is CC(=O)N1CCC(CNC2CC2)CC1. The first-order chi connectivity index (χ1) is 6.75. The van der Waals surface area contributed by atoms with Crippen molar-refractivity contribution in [3.63, 3.8) is 0 Å². The number of likely N-dealkylation sites (tertiary alicyclic amines) is 1. The summed E-state index contributed by atoms with van der Waals surface area (Å²) in [5, 5.41) is 3.57. The number of nitrogens with zero attached hydrogens (tertiary/aromatic N) is 1. The minimum absolute atomic E-state index is 0.235. The molecule has 1 N–H and O–H groups in total. The predicted molar refractivity (Wildman–Crippen MR) is 56.0 cm³/mol. The van der Waals surface area contributed by atoms with Crippen molar-refractivity contribution in [3.8, 4) is 0 Å². The smallest absolute Gasteiger partial charge is 0.219 e. The number of nitrogens with one attached hydrogen (secondary N) is 1. The fourth-order valence-corrected chi connectivity index (χ4v) is 2.07. The van der Waals surface area contributed by atoms with Gasteiger partial charge in [-0.2, -0.15) is 0 Å². The summed E-state index contributed by atoms with van der Waals surface area (Å²) in [4.78, 5) is 13.1. The van der Waals surface area contributed by atoms with Crippen molar-refractivity contribution in [1.82, 2.24) is 10.2 Å². The van der Waals surface area contributed by atoms with Crippen LogP contribution in [0.15, 0.2) is 0 Å². The van der Waals surface area contributed by atoms with E-state index in [9.17, 15) is 4.79 Å². The Kier molecular flexibility index (Phi) is 3.06. The molecule has 0 radical (unpaired) electrons. The van der Waals surface area contributed by atoms with Gasteiger partial charge in [-0.25, -0.2) is 0 Å². The zero-order chi connectivity index (χ0) is 9.97. The van der Waals surface area contributed by atoms with Crippen LogP contribution in [0.1, 0.15) is 32.6 Å². The predicted octanol–water partition coefficient (Wildman–Crippen LogP) is 0.997. The number of rotatable bonds is 3. The molecule has 14 heavy (non-hydrogen) atoms. The first-order valence-corrected chi connectivity index (χ1v) is 5.74. The second kappa shape index (κ2) is 4.30. The zero-order valence-electron chi connectivity index (χ0n) is 8.96. The van der Waals surface area contributed by atoms with E-state index in [-0.39, 0.29) is 5.91 Å². The molecule has 1 amide bonds. The van der Waals surface area contributed by atoms with Crippen molar-refractivity contribution in [2.75, 3.05) is 19.6 Å². The Bertz CT molecular complexity index is 205. The fourth-order valence-electron chi connectivity index (χ4n) is 2.07. The molecule has 80 valence electrons. The second-order valence-corrected chi connectivity index (χ2v) is 4.63. The van der Waals surface area contributed by atoms with Gasteiger partial charge in [-0.1, -0.05) is 0 Å². The summed E-state index contributed by atoms with van der Waals surface area (Å²) >= 11 is 0. The molecule has 1 aliphatic carbocycles. The van der Waals surface area contributed by atoms with Gasteiger partial charge in [-0.05, 0) is 38.1 Å². The molecule has 2 rings (SSSR count). The minimum atomic E-state index is 0.235. The number of amides is 1. The maximum atomic E-state index is 11.1. The zero-order valence-corrected chi connectivity index (χ0v) is 8.96. The molecule has 0 bridgehead atoms. The molecule has 1 heterocycles. The minimum Gasteiger partial charge on any atom is -0.343 e. The van der Waals surface area contributed by atoms with Crippen molar-refractivity contribution in [2.24, 2.45) is 5.92 Å². The molecule has 2 fully saturated rings. The van der Waals surface area contributed by atoms with Crippen molar-refractivity contribution in [3.05, 3.63) is 0 Å². The summed E-state index contributed by atoms with van der Waals surface area (Å²) in [5.41, 5.74) is 0. The largest absolute Gasteiger partial charge is 0.343 e. The van der Waals surface area contributed by atoms with Crippen molar-refractivity contribution in [1.29, 1.82) is 0 Å². The highest BCUT2D eigenvalue weighted by molar-refractivity contribution is 5.73. The van der Waals surface area contributed by atoms with Crippen molar-refractivity contribution >= 4 is 5.91 Å². The molecule has 1 aliphatic heterocycles. The summed E-state index contributed by atoms with van der Waals surface area (Å²) in [6, 6.07) is 0.820. The van der Waals surface area contributed by atoms with E-state index in [4.69, 9.17) is 0 Å². The Morgan fingerprint density at radius 3 is 2.43 bits per heavy atom. The molecule has 0 atom stereocenters. The van der Waals surface area contributed by atoms with Gasteiger partial charge in [-0.15, -0.1) is 0 Å². The van der Waals surface area contributed by atoms with Gasteiger partial charge in [0, 0.05) is 26.1 Å². The lowest BCUT2D eigenvalue weighted by molar-refractivity contribution is -0.130. The van der Waals surface area contributed by atoms with Crippen LogP contribution in [0.4, 0.5) is 0 Å². The molecule has 1 saturated heterocycles. The van der Waals surface area contributed by atoms with E-state index in [2.05, 4.69) is 5.32 Å². The van der Waals surface area contributed by atoms with Gasteiger partial charge in [0.05, 0.1) is 0 Å². The average molecular weight is 196 g/mol. The van der Waals surface area contributed by atoms with E-state index < -0.39 is 0 Å². The Morgan fingerprint density at radius 2 is 1.93 bits per heavy atom. The van der Waals surface area contributed by atoms with Crippen LogP contribution in [-0.2, 0) is 4.79 Å². The summed E-state index contributed by atoms with van der Waals surface area (Å²) < 4.78 is 0. The molecular weight excluding hydrogens is 176 g/mol. The van der Waals surface area contributed by atoms with Crippen LogP contribution in [0.5, 0.6) is 0 Å². The van der Waals surface area contributed by atoms with E-state index in [1.807, 2.05) is 4.90 Å².